The van der Waals surface area contributed by atoms with Crippen LogP contribution in [0.5, 0.6) is 0 Å². The number of hydrogen-bond acceptors (Lipinski definition) is 2. The van der Waals surface area contributed by atoms with Crippen molar-refractivity contribution in [2.75, 3.05) is 13.2 Å². The van der Waals surface area contributed by atoms with Crippen LogP contribution in [0.2, 0.25) is 6.04 Å². The van der Waals surface area contributed by atoms with Gasteiger partial charge < -0.3 is 9.47 Å². The summed E-state index contributed by atoms with van der Waals surface area (Å²) in [5.41, 5.74) is 0. The predicted octanol–water partition coefficient (Wildman–Crippen LogP) is 1.69. The maximum atomic E-state index is 5.52. The molecule has 0 amide bonds. The van der Waals surface area contributed by atoms with Gasteiger partial charge in [0, 0.05) is 13.2 Å². The van der Waals surface area contributed by atoms with Gasteiger partial charge in [0.05, 0.1) is 9.52 Å². The lowest BCUT2D eigenvalue weighted by atomic mass is 10.4. The molecule has 0 aliphatic rings. The second kappa shape index (κ2) is 8.50. The van der Waals surface area contributed by atoms with E-state index < -0.39 is 0 Å². The first-order chi connectivity index (χ1) is 7.86. The Morgan fingerprint density at radius 2 is 1.69 bits per heavy atom. The average molecular weight is 238 g/mol. The summed E-state index contributed by atoms with van der Waals surface area (Å²) in [5.74, 6) is 0. The van der Waals surface area contributed by atoms with E-state index in [4.69, 9.17) is 9.47 Å². The van der Waals surface area contributed by atoms with E-state index in [1.807, 2.05) is 13.8 Å². The molecule has 2 nitrogen and oxygen atoms in total. The molecule has 0 saturated carbocycles. The van der Waals surface area contributed by atoms with Gasteiger partial charge in [-0.2, -0.15) is 0 Å². The summed E-state index contributed by atoms with van der Waals surface area (Å²) >= 11 is 0. The first-order valence-electron chi connectivity index (χ1n) is 6.14. The van der Waals surface area contributed by atoms with Crippen LogP contribution in [0.3, 0.4) is 0 Å². The van der Waals surface area contributed by atoms with Gasteiger partial charge in [-0.25, -0.2) is 0 Å². The molecule has 1 rings (SSSR count). The lowest BCUT2D eigenvalue weighted by molar-refractivity contribution is -0.136. The maximum Gasteiger partial charge on any atom is 0.157 e. The highest BCUT2D eigenvalue weighted by Gasteiger charge is 2.07. The minimum absolute atomic E-state index is 0.00575. The minimum Gasteiger partial charge on any atom is -0.353 e. The molecule has 0 radical (unpaired) electrons. The number of benzene rings is 1. The van der Waals surface area contributed by atoms with Gasteiger partial charge in [-0.05, 0) is 20.3 Å². The van der Waals surface area contributed by atoms with Crippen molar-refractivity contribution in [3.05, 3.63) is 30.3 Å². The van der Waals surface area contributed by atoms with Gasteiger partial charge in [-0.15, -0.1) is 0 Å². The van der Waals surface area contributed by atoms with Crippen molar-refractivity contribution in [2.24, 2.45) is 0 Å². The Kier molecular flexibility index (Phi) is 7.13. The van der Waals surface area contributed by atoms with Crippen molar-refractivity contribution in [3.8, 4) is 0 Å². The third-order valence-electron chi connectivity index (χ3n) is 2.45. The molecular formula is C13H22O2Si. The van der Waals surface area contributed by atoms with Crippen LogP contribution >= 0.6 is 0 Å². The molecule has 0 aliphatic carbocycles. The van der Waals surface area contributed by atoms with Crippen molar-refractivity contribution >= 4 is 14.7 Å². The molecular weight excluding hydrogens is 216 g/mol. The van der Waals surface area contributed by atoms with Crippen LogP contribution in [0, 0.1) is 0 Å². The zero-order chi connectivity index (χ0) is 11.6. The van der Waals surface area contributed by atoms with Crippen molar-refractivity contribution in [2.45, 2.75) is 32.6 Å². The summed E-state index contributed by atoms with van der Waals surface area (Å²) in [6.45, 7) is 5.50. The van der Waals surface area contributed by atoms with E-state index in [1.54, 1.807) is 0 Å². The van der Waals surface area contributed by atoms with Gasteiger partial charge in [0.15, 0.2) is 6.29 Å². The van der Waals surface area contributed by atoms with E-state index in [0.29, 0.717) is 0 Å². The van der Waals surface area contributed by atoms with E-state index in [9.17, 15) is 0 Å². The van der Waals surface area contributed by atoms with Crippen molar-refractivity contribution < 1.29 is 9.47 Å². The molecule has 0 saturated heterocycles. The van der Waals surface area contributed by atoms with Gasteiger partial charge >= 0.3 is 0 Å². The highest BCUT2D eigenvalue weighted by atomic mass is 28.2. The van der Waals surface area contributed by atoms with E-state index in [1.165, 1.54) is 11.2 Å². The second-order valence-electron chi connectivity index (χ2n) is 3.72. The van der Waals surface area contributed by atoms with Crippen LogP contribution in [0.1, 0.15) is 20.3 Å². The maximum absolute atomic E-state index is 5.52. The highest BCUT2D eigenvalue weighted by molar-refractivity contribution is 6.53. The van der Waals surface area contributed by atoms with Crippen molar-refractivity contribution in [3.63, 3.8) is 0 Å². The fraction of sp³-hybridized carbons (Fsp3) is 0.538. The molecule has 3 heteroatoms. The topological polar surface area (TPSA) is 18.5 Å². The fourth-order valence-corrected chi connectivity index (χ4v) is 3.26. The molecule has 0 aromatic heterocycles. The van der Waals surface area contributed by atoms with Crippen LogP contribution in [0.15, 0.2) is 30.3 Å². The molecule has 0 unspecified atom stereocenters. The molecule has 0 heterocycles. The summed E-state index contributed by atoms with van der Waals surface area (Å²) in [6, 6.07) is 12.0. The van der Waals surface area contributed by atoms with Crippen LogP contribution in [-0.4, -0.2) is 29.0 Å². The van der Waals surface area contributed by atoms with E-state index in [0.717, 1.165) is 19.6 Å². The van der Waals surface area contributed by atoms with Crippen molar-refractivity contribution in [1.82, 2.24) is 0 Å². The molecule has 0 spiro atoms. The second-order valence-corrected chi connectivity index (χ2v) is 5.74. The number of ether oxygens (including phenoxy) is 2. The Hall–Kier alpha value is -0.643. The van der Waals surface area contributed by atoms with Crippen LogP contribution in [0.25, 0.3) is 0 Å². The average Bonchev–Trinajstić information content (AvgIpc) is 2.31. The Morgan fingerprint density at radius 1 is 1.06 bits per heavy atom. The highest BCUT2D eigenvalue weighted by Crippen LogP contribution is 2.04. The summed E-state index contributed by atoms with van der Waals surface area (Å²) in [7, 11) is -0.148. The first kappa shape index (κ1) is 13.4. The Labute approximate surface area is 101 Å². The summed E-state index contributed by atoms with van der Waals surface area (Å²) in [6.07, 6.45) is 1.04. The SMILES string of the molecule is CCOC(CC[SiH2]c1ccccc1)OCC. The molecule has 0 aliphatic heterocycles. The van der Waals surface area contributed by atoms with Gasteiger partial charge in [-0.3, -0.25) is 0 Å². The number of rotatable bonds is 8. The first-order valence-corrected chi connectivity index (χ1v) is 7.84. The Bertz CT molecular complexity index is 258. The van der Waals surface area contributed by atoms with E-state index in [2.05, 4.69) is 30.3 Å². The molecule has 0 N–H and O–H groups in total. The Morgan fingerprint density at radius 3 is 2.25 bits per heavy atom. The lowest BCUT2D eigenvalue weighted by Crippen LogP contribution is -2.20. The van der Waals surface area contributed by atoms with E-state index in [-0.39, 0.29) is 15.8 Å². The van der Waals surface area contributed by atoms with Crippen LogP contribution < -0.4 is 5.19 Å². The summed E-state index contributed by atoms with van der Waals surface area (Å²) < 4.78 is 11.0. The monoisotopic (exact) mass is 238 g/mol. The molecule has 0 atom stereocenters. The summed E-state index contributed by atoms with van der Waals surface area (Å²) in [5, 5.41) is 1.52. The predicted molar refractivity (Wildman–Crippen MR) is 71.1 cm³/mol. The minimum atomic E-state index is -0.148. The molecule has 1 aromatic carbocycles. The molecule has 90 valence electrons. The number of hydrogen-bond donors (Lipinski definition) is 0. The molecule has 1 aromatic rings. The quantitative estimate of drug-likeness (QED) is 0.507. The van der Waals surface area contributed by atoms with Gasteiger partial charge in [-0.1, -0.05) is 41.6 Å². The Balaban J connectivity index is 2.22. The molecule has 16 heavy (non-hydrogen) atoms. The van der Waals surface area contributed by atoms with E-state index >= 15 is 0 Å². The third kappa shape index (κ3) is 5.44. The largest absolute Gasteiger partial charge is 0.353 e. The molecule has 0 fully saturated rings. The third-order valence-corrected chi connectivity index (χ3v) is 4.26. The smallest absolute Gasteiger partial charge is 0.157 e. The van der Waals surface area contributed by atoms with Gasteiger partial charge in [0.2, 0.25) is 0 Å². The lowest BCUT2D eigenvalue weighted by Gasteiger charge is -2.16. The molecule has 0 bridgehead atoms. The van der Waals surface area contributed by atoms with Gasteiger partial charge in [0.25, 0.3) is 0 Å². The van der Waals surface area contributed by atoms with Crippen LogP contribution in [-0.2, 0) is 9.47 Å². The normalized spacial score (nSPS) is 11.7. The van der Waals surface area contributed by atoms with Crippen molar-refractivity contribution in [1.29, 1.82) is 0 Å². The van der Waals surface area contributed by atoms with Gasteiger partial charge in [0.1, 0.15) is 0 Å². The van der Waals surface area contributed by atoms with Crippen LogP contribution in [0.4, 0.5) is 0 Å². The fourth-order valence-electron chi connectivity index (χ4n) is 1.70. The zero-order valence-corrected chi connectivity index (χ0v) is 11.7. The standard InChI is InChI=1S/C13H22O2Si/c1-3-14-13(15-4-2)10-11-16-12-8-6-5-7-9-12/h5-9,13H,3-4,10-11,16H2,1-2H3. The summed E-state index contributed by atoms with van der Waals surface area (Å²) in [4.78, 5) is 0. The zero-order valence-electron chi connectivity index (χ0n) is 10.3.